The number of nitrogens with one attached hydrogen (secondary N) is 2. The number of H-pyrrole nitrogens is 1. The SMILES string of the molecule is Cc1c(-c2ccccc2)oc2c(C(=O)NCc3cc4ccccc4[nH]3)cccc2c1=O. The fourth-order valence-corrected chi connectivity index (χ4v) is 3.85. The molecule has 5 nitrogen and oxygen atoms in total. The molecule has 3 aromatic carbocycles. The maximum Gasteiger partial charge on any atom is 0.255 e. The molecule has 0 saturated carbocycles. The van der Waals surface area contributed by atoms with E-state index in [1.54, 1.807) is 25.1 Å². The van der Waals surface area contributed by atoms with E-state index in [1.165, 1.54) is 0 Å². The summed E-state index contributed by atoms with van der Waals surface area (Å²) < 4.78 is 6.14. The van der Waals surface area contributed by atoms with Crippen molar-refractivity contribution in [3.63, 3.8) is 0 Å². The molecule has 5 aromatic rings. The van der Waals surface area contributed by atoms with Crippen LogP contribution in [-0.4, -0.2) is 10.9 Å². The molecular formula is C26H20N2O3. The minimum Gasteiger partial charge on any atom is -0.455 e. The summed E-state index contributed by atoms with van der Waals surface area (Å²) in [6, 6.07) is 24.5. The topological polar surface area (TPSA) is 75.1 Å². The molecule has 0 atom stereocenters. The lowest BCUT2D eigenvalue weighted by molar-refractivity contribution is 0.0951. The van der Waals surface area contributed by atoms with Gasteiger partial charge in [0, 0.05) is 22.3 Å². The van der Waals surface area contributed by atoms with Crippen molar-refractivity contribution >= 4 is 27.8 Å². The van der Waals surface area contributed by atoms with Crippen LogP contribution in [0, 0.1) is 6.92 Å². The number of rotatable bonds is 4. The number of carbonyl (C=O) groups is 1. The van der Waals surface area contributed by atoms with Gasteiger partial charge in [0.1, 0.15) is 5.76 Å². The number of aromatic nitrogens is 1. The summed E-state index contributed by atoms with van der Waals surface area (Å²) in [5, 5.41) is 4.42. The molecule has 0 aliphatic carbocycles. The highest BCUT2D eigenvalue weighted by atomic mass is 16.3. The van der Waals surface area contributed by atoms with Gasteiger partial charge in [-0.2, -0.15) is 0 Å². The number of hydrogen-bond donors (Lipinski definition) is 2. The van der Waals surface area contributed by atoms with Crippen molar-refractivity contribution in [1.82, 2.24) is 10.3 Å². The first-order chi connectivity index (χ1) is 15.1. The second-order valence-corrected chi connectivity index (χ2v) is 7.50. The average molecular weight is 408 g/mol. The van der Waals surface area contributed by atoms with Crippen LogP contribution in [-0.2, 0) is 6.54 Å². The van der Waals surface area contributed by atoms with Crippen LogP contribution < -0.4 is 10.7 Å². The summed E-state index contributed by atoms with van der Waals surface area (Å²) in [6.07, 6.45) is 0. The van der Waals surface area contributed by atoms with E-state index in [0.29, 0.717) is 34.4 Å². The minimum atomic E-state index is -0.296. The van der Waals surface area contributed by atoms with E-state index in [0.717, 1.165) is 22.2 Å². The lowest BCUT2D eigenvalue weighted by Gasteiger charge is -2.10. The Bertz CT molecular complexity index is 1450. The molecule has 31 heavy (non-hydrogen) atoms. The van der Waals surface area contributed by atoms with Gasteiger partial charge in [-0.05, 0) is 36.6 Å². The Morgan fingerprint density at radius 1 is 0.968 bits per heavy atom. The van der Waals surface area contributed by atoms with Crippen molar-refractivity contribution < 1.29 is 9.21 Å². The first kappa shape index (κ1) is 18.9. The first-order valence-corrected chi connectivity index (χ1v) is 10.1. The summed E-state index contributed by atoms with van der Waals surface area (Å²) in [5.41, 5.74) is 3.74. The minimum absolute atomic E-state index is 0.134. The molecule has 152 valence electrons. The second kappa shape index (κ2) is 7.61. The molecule has 0 saturated heterocycles. The third kappa shape index (κ3) is 3.40. The molecule has 0 bridgehead atoms. The van der Waals surface area contributed by atoms with Crippen LogP contribution in [0.5, 0.6) is 0 Å². The zero-order valence-corrected chi connectivity index (χ0v) is 16.9. The van der Waals surface area contributed by atoms with Crippen LogP contribution >= 0.6 is 0 Å². The van der Waals surface area contributed by atoms with Gasteiger partial charge in [0.25, 0.3) is 5.91 Å². The van der Waals surface area contributed by atoms with Gasteiger partial charge in [-0.15, -0.1) is 0 Å². The van der Waals surface area contributed by atoms with Crippen molar-refractivity contribution in [3.05, 3.63) is 106 Å². The lowest BCUT2D eigenvalue weighted by Crippen LogP contribution is -2.23. The van der Waals surface area contributed by atoms with Crippen molar-refractivity contribution in [1.29, 1.82) is 0 Å². The van der Waals surface area contributed by atoms with Gasteiger partial charge in [-0.3, -0.25) is 9.59 Å². The van der Waals surface area contributed by atoms with Crippen LogP contribution in [0.15, 0.2) is 88.1 Å². The van der Waals surface area contributed by atoms with Crippen LogP contribution in [0.1, 0.15) is 21.6 Å². The summed E-state index contributed by atoms with van der Waals surface area (Å²) in [7, 11) is 0. The smallest absolute Gasteiger partial charge is 0.255 e. The van der Waals surface area contributed by atoms with Gasteiger partial charge in [0.15, 0.2) is 11.0 Å². The largest absolute Gasteiger partial charge is 0.455 e. The monoisotopic (exact) mass is 408 g/mol. The maximum atomic E-state index is 13.0. The Hall–Kier alpha value is -4.12. The van der Waals surface area contributed by atoms with Crippen LogP contribution in [0.2, 0.25) is 0 Å². The van der Waals surface area contributed by atoms with E-state index in [4.69, 9.17) is 4.42 Å². The standard InChI is InChI=1S/C26H20N2O3/c1-16-23(29)20-11-7-12-21(25(20)31-24(16)17-8-3-2-4-9-17)26(30)27-15-19-14-18-10-5-6-13-22(18)28-19/h2-14,28H,15H2,1H3,(H,27,30). The number of para-hydroxylation sites is 2. The van der Waals surface area contributed by atoms with Crippen LogP contribution in [0.4, 0.5) is 0 Å². The van der Waals surface area contributed by atoms with Crippen molar-refractivity contribution in [3.8, 4) is 11.3 Å². The Morgan fingerprint density at radius 2 is 1.74 bits per heavy atom. The normalized spacial score (nSPS) is 11.1. The van der Waals surface area contributed by atoms with E-state index >= 15 is 0 Å². The number of fused-ring (bicyclic) bond motifs is 2. The van der Waals surface area contributed by atoms with Gasteiger partial charge in [0.2, 0.25) is 0 Å². The molecule has 2 N–H and O–H groups in total. The quantitative estimate of drug-likeness (QED) is 0.430. The summed E-state index contributed by atoms with van der Waals surface area (Å²) in [4.78, 5) is 29.3. The van der Waals surface area contributed by atoms with Gasteiger partial charge >= 0.3 is 0 Å². The van der Waals surface area contributed by atoms with Crippen LogP contribution in [0.3, 0.4) is 0 Å². The predicted molar refractivity (Wildman–Crippen MR) is 122 cm³/mol. The van der Waals surface area contributed by atoms with Crippen molar-refractivity contribution in [2.24, 2.45) is 0 Å². The number of benzene rings is 3. The van der Waals surface area contributed by atoms with Gasteiger partial charge in [-0.1, -0.05) is 54.6 Å². The van der Waals surface area contributed by atoms with E-state index in [2.05, 4.69) is 10.3 Å². The van der Waals surface area contributed by atoms with E-state index in [-0.39, 0.29) is 11.3 Å². The summed E-state index contributed by atoms with van der Waals surface area (Å²) in [6.45, 7) is 2.09. The molecule has 0 aliphatic rings. The Kier molecular flexibility index (Phi) is 4.64. The second-order valence-electron chi connectivity index (χ2n) is 7.50. The molecule has 1 amide bonds. The molecule has 0 unspecified atom stereocenters. The molecule has 5 heteroatoms. The maximum absolute atomic E-state index is 13.0. The predicted octanol–water partition coefficient (Wildman–Crippen LogP) is 5.18. The van der Waals surface area contributed by atoms with Gasteiger partial charge in [-0.25, -0.2) is 0 Å². The highest BCUT2D eigenvalue weighted by Crippen LogP contribution is 2.27. The van der Waals surface area contributed by atoms with Gasteiger partial charge in [0.05, 0.1) is 17.5 Å². The first-order valence-electron chi connectivity index (χ1n) is 10.1. The van der Waals surface area contributed by atoms with Crippen molar-refractivity contribution in [2.75, 3.05) is 0 Å². The Morgan fingerprint density at radius 3 is 2.55 bits per heavy atom. The Labute approximate surface area is 178 Å². The lowest BCUT2D eigenvalue weighted by atomic mass is 10.0. The number of carbonyl (C=O) groups excluding carboxylic acids is 1. The number of aromatic amines is 1. The third-order valence-corrected chi connectivity index (χ3v) is 5.45. The van der Waals surface area contributed by atoms with E-state index in [1.807, 2.05) is 60.7 Å². The molecular weight excluding hydrogens is 388 g/mol. The number of hydrogen-bond acceptors (Lipinski definition) is 3. The Balaban J connectivity index is 1.52. The van der Waals surface area contributed by atoms with E-state index in [9.17, 15) is 9.59 Å². The molecule has 0 radical (unpaired) electrons. The summed E-state index contributed by atoms with van der Waals surface area (Å²) in [5.74, 6) is 0.184. The zero-order valence-electron chi connectivity index (χ0n) is 16.9. The fourth-order valence-electron chi connectivity index (χ4n) is 3.85. The molecule has 0 spiro atoms. The molecule has 2 heterocycles. The zero-order chi connectivity index (χ0) is 21.4. The van der Waals surface area contributed by atoms with Gasteiger partial charge < -0.3 is 14.7 Å². The fraction of sp³-hybridized carbons (Fsp3) is 0.0769. The van der Waals surface area contributed by atoms with Crippen LogP contribution in [0.25, 0.3) is 33.2 Å². The van der Waals surface area contributed by atoms with E-state index < -0.39 is 0 Å². The number of amides is 1. The molecule has 5 rings (SSSR count). The molecule has 2 aromatic heterocycles. The van der Waals surface area contributed by atoms with Crippen molar-refractivity contribution in [2.45, 2.75) is 13.5 Å². The molecule has 0 aliphatic heterocycles. The highest BCUT2D eigenvalue weighted by Gasteiger charge is 2.18. The highest BCUT2D eigenvalue weighted by molar-refractivity contribution is 6.05. The third-order valence-electron chi connectivity index (χ3n) is 5.45. The average Bonchev–Trinajstić information content (AvgIpc) is 3.23. The molecule has 0 fully saturated rings. The summed E-state index contributed by atoms with van der Waals surface area (Å²) >= 11 is 0.